The fourth-order valence-corrected chi connectivity index (χ4v) is 3.17. The Morgan fingerprint density at radius 2 is 1.43 bits per heavy atom. The maximum absolute atomic E-state index is 8.92. The lowest BCUT2D eigenvalue weighted by atomic mass is 10.0. The Labute approximate surface area is 171 Å². The molecule has 0 aliphatic heterocycles. The minimum Gasteiger partial charge on any atom is -0.330 e. The zero-order chi connectivity index (χ0) is 18.5. The Morgan fingerprint density at radius 3 is 2.11 bits per heavy atom. The molecule has 28 heavy (non-hydrogen) atoms. The summed E-state index contributed by atoms with van der Waals surface area (Å²) in [4.78, 5) is 4.32. The van der Waals surface area contributed by atoms with Crippen molar-refractivity contribution in [3.63, 3.8) is 0 Å². The zero-order valence-corrected chi connectivity index (χ0v) is 16.1. The van der Waals surface area contributed by atoms with Crippen LogP contribution in [0.5, 0.6) is 0 Å². The first-order valence-corrected chi connectivity index (χ1v) is 8.94. The van der Waals surface area contributed by atoms with Gasteiger partial charge in [-0.15, -0.1) is 12.4 Å². The largest absolute Gasteiger partial charge is 0.330 e. The van der Waals surface area contributed by atoms with Crippen molar-refractivity contribution < 1.29 is 0 Å². The monoisotopic (exact) mass is 385 g/mol. The molecule has 0 aliphatic rings. The summed E-state index contributed by atoms with van der Waals surface area (Å²) in [6.45, 7) is 0.792. The number of nitriles is 1. The molecule has 0 fully saturated rings. The number of aromatic nitrogens is 2. The van der Waals surface area contributed by atoms with Gasteiger partial charge in [0.1, 0.15) is 0 Å². The Balaban J connectivity index is 0.00000225. The number of hydrogen-bond donors (Lipinski definition) is 0. The molecule has 0 atom stereocenters. The third-order valence-electron chi connectivity index (χ3n) is 4.68. The number of nitrogens with zero attached hydrogens (tertiary/aromatic N) is 3. The molecule has 4 heteroatoms. The SMILES string of the molecule is Cl.N#Cc1ccc(Cc2cncn2Cc2ccc(-c3ccccc3)cc2)cc1. The van der Waals surface area contributed by atoms with Gasteiger partial charge in [0.15, 0.2) is 0 Å². The molecule has 0 spiro atoms. The minimum atomic E-state index is 0. The van der Waals surface area contributed by atoms with Gasteiger partial charge in [0.05, 0.1) is 18.0 Å². The molecule has 0 bridgehead atoms. The van der Waals surface area contributed by atoms with Crippen molar-refractivity contribution in [1.82, 2.24) is 9.55 Å². The van der Waals surface area contributed by atoms with Crippen LogP contribution in [0.15, 0.2) is 91.4 Å². The Morgan fingerprint density at radius 1 is 0.786 bits per heavy atom. The van der Waals surface area contributed by atoms with Crippen molar-refractivity contribution in [1.29, 1.82) is 5.26 Å². The molecular formula is C24H20ClN3. The first-order valence-electron chi connectivity index (χ1n) is 8.94. The molecule has 0 saturated heterocycles. The smallest absolute Gasteiger partial charge is 0.0991 e. The standard InChI is InChI=1S/C24H19N3.ClH/c25-15-20-8-6-19(7-9-20)14-24-16-26-18-27(24)17-21-10-12-23(13-11-21)22-4-2-1-3-5-22;/h1-13,16,18H,14,17H2;1H. The van der Waals surface area contributed by atoms with Crippen molar-refractivity contribution >= 4 is 12.4 Å². The van der Waals surface area contributed by atoms with Crippen LogP contribution in [0.3, 0.4) is 0 Å². The van der Waals surface area contributed by atoms with Gasteiger partial charge < -0.3 is 4.57 Å². The maximum Gasteiger partial charge on any atom is 0.0991 e. The van der Waals surface area contributed by atoms with E-state index in [-0.39, 0.29) is 12.4 Å². The fraction of sp³-hybridized carbons (Fsp3) is 0.0833. The van der Waals surface area contributed by atoms with Crippen LogP contribution in [0, 0.1) is 11.3 Å². The van der Waals surface area contributed by atoms with Crippen molar-refractivity contribution in [2.45, 2.75) is 13.0 Å². The van der Waals surface area contributed by atoms with Gasteiger partial charge in [-0.05, 0) is 34.4 Å². The summed E-state index contributed by atoms with van der Waals surface area (Å²) < 4.78 is 2.18. The Kier molecular flexibility index (Phi) is 6.26. The van der Waals surface area contributed by atoms with Gasteiger partial charge >= 0.3 is 0 Å². The van der Waals surface area contributed by atoms with Crippen LogP contribution < -0.4 is 0 Å². The molecule has 138 valence electrons. The topological polar surface area (TPSA) is 41.6 Å². The van der Waals surface area contributed by atoms with E-state index in [0.717, 1.165) is 18.7 Å². The van der Waals surface area contributed by atoms with E-state index < -0.39 is 0 Å². The Bertz CT molecular complexity index is 1060. The van der Waals surface area contributed by atoms with E-state index in [1.165, 1.54) is 22.3 Å². The Hall–Kier alpha value is -3.35. The molecule has 4 aromatic rings. The van der Waals surface area contributed by atoms with E-state index in [1.54, 1.807) is 0 Å². The van der Waals surface area contributed by atoms with E-state index in [2.05, 4.69) is 64.2 Å². The van der Waals surface area contributed by atoms with E-state index in [1.807, 2.05) is 42.9 Å². The number of hydrogen-bond acceptors (Lipinski definition) is 2. The van der Waals surface area contributed by atoms with Crippen LogP contribution >= 0.6 is 12.4 Å². The summed E-state index contributed by atoms with van der Waals surface area (Å²) in [6.07, 6.45) is 4.59. The van der Waals surface area contributed by atoms with Crippen LogP contribution in [-0.2, 0) is 13.0 Å². The summed E-state index contributed by atoms with van der Waals surface area (Å²) in [6, 6.07) is 29.0. The van der Waals surface area contributed by atoms with Gasteiger partial charge in [-0.1, -0.05) is 66.7 Å². The summed E-state index contributed by atoms with van der Waals surface area (Å²) >= 11 is 0. The summed E-state index contributed by atoms with van der Waals surface area (Å²) in [5, 5.41) is 8.92. The van der Waals surface area contributed by atoms with Gasteiger partial charge in [0.2, 0.25) is 0 Å². The van der Waals surface area contributed by atoms with E-state index in [9.17, 15) is 0 Å². The third-order valence-corrected chi connectivity index (χ3v) is 4.68. The minimum absolute atomic E-state index is 0. The second-order valence-electron chi connectivity index (χ2n) is 6.56. The van der Waals surface area contributed by atoms with E-state index in [0.29, 0.717) is 5.56 Å². The molecule has 1 aromatic heterocycles. The highest BCUT2D eigenvalue weighted by Gasteiger charge is 2.05. The molecule has 0 N–H and O–H groups in total. The van der Waals surface area contributed by atoms with Crippen LogP contribution in [0.1, 0.15) is 22.4 Å². The van der Waals surface area contributed by atoms with Crippen LogP contribution in [0.4, 0.5) is 0 Å². The van der Waals surface area contributed by atoms with Gasteiger partial charge in [-0.3, -0.25) is 0 Å². The van der Waals surface area contributed by atoms with Gasteiger partial charge in [0.25, 0.3) is 0 Å². The highest BCUT2D eigenvalue weighted by atomic mass is 35.5. The molecule has 3 aromatic carbocycles. The highest BCUT2D eigenvalue weighted by Crippen LogP contribution is 2.20. The molecule has 0 amide bonds. The van der Waals surface area contributed by atoms with Crippen LogP contribution in [0.25, 0.3) is 11.1 Å². The lowest BCUT2D eigenvalue weighted by molar-refractivity contribution is 0.753. The van der Waals surface area contributed by atoms with Crippen molar-refractivity contribution in [2.75, 3.05) is 0 Å². The molecule has 1 heterocycles. The average Bonchev–Trinajstić information content (AvgIpc) is 3.16. The second-order valence-corrected chi connectivity index (χ2v) is 6.56. The molecule has 0 saturated carbocycles. The summed E-state index contributed by atoms with van der Waals surface area (Å²) in [7, 11) is 0. The summed E-state index contributed by atoms with van der Waals surface area (Å²) in [5.41, 5.74) is 6.72. The van der Waals surface area contributed by atoms with Crippen LogP contribution in [-0.4, -0.2) is 9.55 Å². The lowest BCUT2D eigenvalue weighted by Gasteiger charge is -2.10. The van der Waals surface area contributed by atoms with Crippen molar-refractivity contribution in [3.05, 3.63) is 114 Å². The zero-order valence-electron chi connectivity index (χ0n) is 15.3. The normalized spacial score (nSPS) is 10.1. The number of rotatable bonds is 5. The highest BCUT2D eigenvalue weighted by molar-refractivity contribution is 5.85. The first kappa shape index (κ1) is 19.4. The van der Waals surface area contributed by atoms with Gasteiger partial charge in [-0.2, -0.15) is 5.26 Å². The number of imidazole rings is 1. The molecule has 3 nitrogen and oxygen atoms in total. The predicted octanol–water partition coefficient (Wildman–Crippen LogP) is 5.48. The summed E-state index contributed by atoms with van der Waals surface area (Å²) in [5.74, 6) is 0. The maximum atomic E-state index is 8.92. The lowest BCUT2D eigenvalue weighted by Crippen LogP contribution is -2.04. The fourth-order valence-electron chi connectivity index (χ4n) is 3.17. The van der Waals surface area contributed by atoms with Crippen molar-refractivity contribution in [2.24, 2.45) is 0 Å². The van der Waals surface area contributed by atoms with Crippen molar-refractivity contribution in [3.8, 4) is 17.2 Å². The molecule has 4 rings (SSSR count). The van der Waals surface area contributed by atoms with Gasteiger partial charge in [0, 0.05) is 24.9 Å². The quantitative estimate of drug-likeness (QED) is 0.456. The van der Waals surface area contributed by atoms with Gasteiger partial charge in [-0.25, -0.2) is 4.98 Å². The van der Waals surface area contributed by atoms with E-state index >= 15 is 0 Å². The molecule has 0 unspecified atom stereocenters. The predicted molar refractivity (Wildman–Crippen MR) is 114 cm³/mol. The first-order chi connectivity index (χ1) is 13.3. The third kappa shape index (κ3) is 4.49. The number of halogens is 1. The average molecular weight is 386 g/mol. The molecular weight excluding hydrogens is 366 g/mol. The number of benzene rings is 3. The van der Waals surface area contributed by atoms with E-state index in [4.69, 9.17) is 5.26 Å². The molecule has 0 radical (unpaired) electrons. The van der Waals surface area contributed by atoms with Crippen LogP contribution in [0.2, 0.25) is 0 Å². The second kappa shape index (κ2) is 9.03. The molecule has 0 aliphatic carbocycles.